The van der Waals surface area contributed by atoms with Crippen LogP contribution in [0.4, 0.5) is 14.5 Å². The fraction of sp³-hybridized carbons (Fsp3) is 0.240. The summed E-state index contributed by atoms with van der Waals surface area (Å²) >= 11 is 0.876. The Balaban J connectivity index is 1.24. The number of alkyl halides is 2. The number of furan rings is 1. The lowest BCUT2D eigenvalue weighted by molar-refractivity contribution is 0.0992. The molecule has 1 aromatic carbocycles. The van der Waals surface area contributed by atoms with Crippen molar-refractivity contribution in [2.24, 2.45) is 5.73 Å². The number of pyridine rings is 1. The zero-order chi connectivity index (χ0) is 25.7. The van der Waals surface area contributed by atoms with Gasteiger partial charge in [0.2, 0.25) is 6.79 Å². The van der Waals surface area contributed by atoms with E-state index in [1.807, 2.05) is 0 Å². The van der Waals surface area contributed by atoms with Crippen molar-refractivity contribution in [2.75, 3.05) is 12.1 Å². The lowest BCUT2D eigenvalue weighted by atomic mass is 10.0. The molecule has 1 fully saturated rings. The highest BCUT2D eigenvalue weighted by molar-refractivity contribution is 7.21. The van der Waals surface area contributed by atoms with Gasteiger partial charge in [-0.1, -0.05) is 0 Å². The van der Waals surface area contributed by atoms with E-state index < -0.39 is 18.2 Å². The highest BCUT2D eigenvalue weighted by atomic mass is 32.1. The van der Waals surface area contributed by atoms with Crippen molar-refractivity contribution in [1.29, 1.82) is 0 Å². The van der Waals surface area contributed by atoms with Gasteiger partial charge in [0.15, 0.2) is 17.3 Å². The molecule has 0 atom stereocenters. The number of aromatic nitrogens is 1. The first-order valence-electron chi connectivity index (χ1n) is 11.3. The van der Waals surface area contributed by atoms with Gasteiger partial charge >= 0.3 is 0 Å². The molecule has 3 N–H and O–H groups in total. The molecule has 9 nitrogen and oxygen atoms in total. The largest absolute Gasteiger partial charge is 0.486 e. The second kappa shape index (κ2) is 9.04. The summed E-state index contributed by atoms with van der Waals surface area (Å²) in [6, 6.07) is 9.56. The smallest absolute Gasteiger partial charge is 0.291 e. The number of nitrogens with two attached hydrogens (primary N) is 1. The first-order valence-corrected chi connectivity index (χ1v) is 12.2. The fourth-order valence-electron chi connectivity index (χ4n) is 4.14. The van der Waals surface area contributed by atoms with Gasteiger partial charge in [0, 0.05) is 11.5 Å². The van der Waals surface area contributed by atoms with Crippen LogP contribution in [0.5, 0.6) is 17.2 Å². The van der Waals surface area contributed by atoms with Gasteiger partial charge in [-0.2, -0.15) is 0 Å². The maximum absolute atomic E-state index is 13.4. The monoisotopic (exact) mass is 527 g/mol. The third-order valence-electron chi connectivity index (χ3n) is 6.03. The zero-order valence-corrected chi connectivity index (χ0v) is 19.9. The molecule has 1 aliphatic heterocycles. The van der Waals surface area contributed by atoms with E-state index in [1.54, 1.807) is 24.3 Å². The minimum Gasteiger partial charge on any atom is -0.486 e. The van der Waals surface area contributed by atoms with E-state index in [4.69, 9.17) is 24.4 Å². The number of primary amides is 1. The molecular formula is C25H19F2N3O6S. The van der Waals surface area contributed by atoms with Crippen LogP contribution < -0.4 is 25.3 Å². The molecular weight excluding hydrogens is 508 g/mol. The Labute approximate surface area is 212 Å². The van der Waals surface area contributed by atoms with E-state index >= 15 is 0 Å². The molecule has 4 heterocycles. The molecule has 2 aliphatic rings. The SMILES string of the molecule is NC(=O)c1sc2nc(C(F)F)cc(C3CC3)c2c1NC(=O)c1ccc(COc2ccc3c(c2)OCO3)o1. The molecule has 0 spiro atoms. The summed E-state index contributed by atoms with van der Waals surface area (Å²) in [7, 11) is 0. The molecule has 0 unspecified atom stereocenters. The third kappa shape index (κ3) is 4.44. The predicted octanol–water partition coefficient (Wildman–Crippen LogP) is 5.36. The van der Waals surface area contributed by atoms with Crippen molar-refractivity contribution in [2.45, 2.75) is 31.8 Å². The quantitative estimate of drug-likeness (QED) is 0.316. The summed E-state index contributed by atoms with van der Waals surface area (Å²) < 4.78 is 48.8. The van der Waals surface area contributed by atoms with Crippen LogP contribution in [0.15, 0.2) is 40.8 Å². The number of nitrogens with zero attached hydrogens (tertiary/aromatic N) is 1. The molecule has 3 aromatic heterocycles. The van der Waals surface area contributed by atoms with Crippen LogP contribution in [0.3, 0.4) is 0 Å². The Hall–Kier alpha value is -4.19. The fourth-order valence-corrected chi connectivity index (χ4v) is 5.16. The summed E-state index contributed by atoms with van der Waals surface area (Å²) in [6.45, 7) is 0.199. The van der Waals surface area contributed by atoms with Crippen molar-refractivity contribution in [3.8, 4) is 17.2 Å². The second-order valence-corrected chi connectivity index (χ2v) is 9.58. The van der Waals surface area contributed by atoms with Crippen molar-refractivity contribution in [3.63, 3.8) is 0 Å². The van der Waals surface area contributed by atoms with Crippen molar-refractivity contribution >= 4 is 39.1 Å². The molecule has 190 valence electrons. The predicted molar refractivity (Wildman–Crippen MR) is 129 cm³/mol. The minimum absolute atomic E-state index is 0.0239. The molecule has 12 heteroatoms. The molecule has 2 amide bonds. The van der Waals surface area contributed by atoms with Crippen LogP contribution in [0.25, 0.3) is 10.2 Å². The van der Waals surface area contributed by atoms with Crippen LogP contribution in [0.2, 0.25) is 0 Å². The zero-order valence-electron chi connectivity index (χ0n) is 19.1. The van der Waals surface area contributed by atoms with Crippen molar-refractivity contribution < 1.29 is 37.0 Å². The van der Waals surface area contributed by atoms with Crippen molar-refractivity contribution in [3.05, 3.63) is 64.1 Å². The second-order valence-electron chi connectivity index (χ2n) is 8.59. The summed E-state index contributed by atoms with van der Waals surface area (Å²) in [5.74, 6) is 0.728. The number of fused-ring (bicyclic) bond motifs is 2. The number of hydrogen-bond donors (Lipinski definition) is 2. The van der Waals surface area contributed by atoms with Crippen LogP contribution in [-0.4, -0.2) is 23.6 Å². The van der Waals surface area contributed by atoms with E-state index in [0.29, 0.717) is 34.0 Å². The molecule has 37 heavy (non-hydrogen) atoms. The summed E-state index contributed by atoms with van der Waals surface area (Å²) in [6.07, 6.45) is -1.12. The maximum atomic E-state index is 13.4. The molecule has 0 bridgehead atoms. The molecule has 4 aromatic rings. The van der Waals surface area contributed by atoms with E-state index in [0.717, 1.165) is 24.2 Å². The lowest BCUT2D eigenvalue weighted by Crippen LogP contribution is -2.16. The van der Waals surface area contributed by atoms with Crippen LogP contribution in [0.1, 0.15) is 62.4 Å². The minimum atomic E-state index is -2.76. The van der Waals surface area contributed by atoms with E-state index in [2.05, 4.69) is 10.3 Å². The normalized spacial score (nSPS) is 14.4. The Bertz CT molecular complexity index is 1540. The lowest BCUT2D eigenvalue weighted by Gasteiger charge is -2.09. The van der Waals surface area contributed by atoms with E-state index in [9.17, 15) is 18.4 Å². The highest BCUT2D eigenvalue weighted by Gasteiger charge is 2.32. The van der Waals surface area contributed by atoms with Gasteiger partial charge in [-0.15, -0.1) is 11.3 Å². The first kappa shape index (κ1) is 23.2. The van der Waals surface area contributed by atoms with Gasteiger partial charge in [-0.25, -0.2) is 13.8 Å². The molecule has 0 radical (unpaired) electrons. The number of thiophene rings is 1. The van der Waals surface area contributed by atoms with Crippen LogP contribution in [-0.2, 0) is 6.61 Å². The first-order chi connectivity index (χ1) is 17.9. The summed E-state index contributed by atoms with van der Waals surface area (Å²) in [4.78, 5) is 29.5. The van der Waals surface area contributed by atoms with Gasteiger partial charge in [0.1, 0.15) is 33.5 Å². The Morgan fingerprint density at radius 2 is 1.97 bits per heavy atom. The number of halogens is 2. The number of nitrogens with one attached hydrogen (secondary N) is 1. The third-order valence-corrected chi connectivity index (χ3v) is 7.12. The number of benzene rings is 1. The highest BCUT2D eigenvalue weighted by Crippen LogP contribution is 2.48. The van der Waals surface area contributed by atoms with E-state index in [-0.39, 0.29) is 46.2 Å². The van der Waals surface area contributed by atoms with E-state index in [1.165, 1.54) is 12.1 Å². The van der Waals surface area contributed by atoms with Crippen LogP contribution in [0, 0.1) is 0 Å². The Kier molecular flexibility index (Phi) is 5.67. The number of anilines is 1. The molecule has 0 saturated heterocycles. The van der Waals surface area contributed by atoms with Crippen LogP contribution >= 0.6 is 11.3 Å². The number of ether oxygens (including phenoxy) is 3. The van der Waals surface area contributed by atoms with Gasteiger partial charge in [-0.05, 0) is 54.7 Å². The van der Waals surface area contributed by atoms with Crippen molar-refractivity contribution in [1.82, 2.24) is 4.98 Å². The number of amides is 2. The molecule has 1 saturated carbocycles. The van der Waals surface area contributed by atoms with Gasteiger partial charge in [0.25, 0.3) is 18.2 Å². The average Bonchev–Trinajstić information content (AvgIpc) is 3.26. The standard InChI is InChI=1S/C25H19F2N3O6S/c26-22(27)15-8-14(11-1-2-11)19-20(21(23(28)31)37-25(19)29-15)30-24(32)17-6-4-13(36-17)9-33-12-3-5-16-18(7-12)35-10-34-16/h3-8,11,22H,1-2,9-10H2,(H2,28,31)(H,30,32). The Morgan fingerprint density at radius 1 is 1.16 bits per heavy atom. The molecule has 1 aliphatic carbocycles. The number of carbonyl (C=O) groups is 2. The van der Waals surface area contributed by atoms with Gasteiger partial charge in [-0.3, -0.25) is 9.59 Å². The summed E-state index contributed by atoms with van der Waals surface area (Å²) in [5.41, 5.74) is 5.96. The average molecular weight is 528 g/mol. The Morgan fingerprint density at radius 3 is 2.73 bits per heavy atom. The van der Waals surface area contributed by atoms with Gasteiger partial charge < -0.3 is 29.7 Å². The maximum Gasteiger partial charge on any atom is 0.291 e. The summed E-state index contributed by atoms with van der Waals surface area (Å²) in [5, 5.41) is 3.15. The number of rotatable bonds is 8. The topological polar surface area (TPSA) is 126 Å². The van der Waals surface area contributed by atoms with Gasteiger partial charge in [0.05, 0.1) is 5.69 Å². The number of carbonyl (C=O) groups excluding carboxylic acids is 2. The number of hydrogen-bond acceptors (Lipinski definition) is 8. The molecule has 6 rings (SSSR count).